The van der Waals surface area contributed by atoms with Crippen LogP contribution in [0.5, 0.6) is 0 Å². The Bertz CT molecular complexity index is 475. The molecule has 2 aliphatic rings. The number of nitrogens with zero attached hydrogens (tertiary/aromatic N) is 3. The van der Waals surface area contributed by atoms with Crippen LogP contribution >= 0.6 is 0 Å². The fourth-order valence-electron chi connectivity index (χ4n) is 3.01. The summed E-state index contributed by atoms with van der Waals surface area (Å²) in [5.74, 6) is 0.452. The minimum Gasteiger partial charge on any atom is -0.346 e. The van der Waals surface area contributed by atoms with Crippen molar-refractivity contribution < 1.29 is 9.32 Å². The largest absolute Gasteiger partial charge is 0.346 e. The Morgan fingerprint density at radius 3 is 2.90 bits per heavy atom. The molecule has 3 rings (SSSR count). The number of hydrogen-bond acceptors (Lipinski definition) is 6. The summed E-state index contributed by atoms with van der Waals surface area (Å²) in [6.45, 7) is 6.26. The number of nitrogens with one attached hydrogen (secondary N) is 2. The van der Waals surface area contributed by atoms with Gasteiger partial charge in [-0.3, -0.25) is 4.79 Å². The lowest BCUT2D eigenvalue weighted by Gasteiger charge is -2.31. The smallest absolute Gasteiger partial charge is 0.292 e. The first-order chi connectivity index (χ1) is 10.3. The van der Waals surface area contributed by atoms with Crippen LogP contribution in [0.15, 0.2) is 4.52 Å². The average Bonchev–Trinajstić information content (AvgIpc) is 3.19. The molecule has 1 aromatic rings. The molecule has 7 nitrogen and oxygen atoms in total. The predicted molar refractivity (Wildman–Crippen MR) is 76.9 cm³/mol. The van der Waals surface area contributed by atoms with Gasteiger partial charge in [-0.15, -0.1) is 0 Å². The van der Waals surface area contributed by atoms with Crippen LogP contribution < -0.4 is 10.6 Å². The molecule has 1 amide bonds. The molecule has 0 aliphatic carbocycles. The molecule has 0 bridgehead atoms. The second kappa shape index (κ2) is 6.53. The first kappa shape index (κ1) is 14.5. The summed E-state index contributed by atoms with van der Waals surface area (Å²) in [5.41, 5.74) is 0. The van der Waals surface area contributed by atoms with Gasteiger partial charge in [-0.25, -0.2) is 0 Å². The fourth-order valence-corrected chi connectivity index (χ4v) is 3.01. The van der Waals surface area contributed by atoms with Crippen molar-refractivity contribution in [3.8, 4) is 0 Å². The van der Waals surface area contributed by atoms with Crippen molar-refractivity contribution in [3.63, 3.8) is 0 Å². The first-order valence-corrected chi connectivity index (χ1v) is 7.86. The zero-order valence-electron chi connectivity index (χ0n) is 12.5. The van der Waals surface area contributed by atoms with Crippen molar-refractivity contribution >= 4 is 5.91 Å². The molecule has 2 N–H and O–H groups in total. The Kier molecular flexibility index (Phi) is 4.50. The quantitative estimate of drug-likeness (QED) is 0.850. The highest BCUT2D eigenvalue weighted by Crippen LogP contribution is 2.21. The molecule has 2 saturated heterocycles. The Balaban J connectivity index is 1.53. The van der Waals surface area contributed by atoms with Gasteiger partial charge in [0.2, 0.25) is 5.89 Å². The first-order valence-electron chi connectivity index (χ1n) is 7.86. The number of carbonyl (C=O) groups excluding carboxylic acids is 1. The maximum atomic E-state index is 12.2. The zero-order chi connectivity index (χ0) is 14.7. The predicted octanol–water partition coefficient (Wildman–Crippen LogP) is 0.708. The van der Waals surface area contributed by atoms with E-state index in [9.17, 15) is 4.79 Å². The fraction of sp³-hybridized carbons (Fsp3) is 0.786. The molecular weight excluding hydrogens is 270 g/mol. The van der Waals surface area contributed by atoms with E-state index < -0.39 is 0 Å². The highest BCUT2D eigenvalue weighted by Gasteiger charge is 2.26. The van der Waals surface area contributed by atoms with Crippen molar-refractivity contribution in [3.05, 3.63) is 11.7 Å². The molecule has 1 unspecified atom stereocenters. The van der Waals surface area contributed by atoms with Crippen molar-refractivity contribution in [2.45, 2.75) is 44.7 Å². The molecular formula is C14H23N5O2. The van der Waals surface area contributed by atoms with Gasteiger partial charge in [0.25, 0.3) is 11.7 Å². The van der Waals surface area contributed by atoms with Crippen molar-refractivity contribution in [1.82, 2.24) is 25.7 Å². The monoisotopic (exact) mass is 293 g/mol. The van der Waals surface area contributed by atoms with E-state index in [1.165, 1.54) is 0 Å². The number of piperidine rings is 1. The van der Waals surface area contributed by atoms with Crippen molar-refractivity contribution in [1.29, 1.82) is 0 Å². The minimum absolute atomic E-state index is 0.104. The Labute approximate surface area is 124 Å². The van der Waals surface area contributed by atoms with Gasteiger partial charge >= 0.3 is 0 Å². The summed E-state index contributed by atoms with van der Waals surface area (Å²) in [5, 5.41) is 10.1. The molecule has 0 aromatic carbocycles. The highest BCUT2D eigenvalue weighted by molar-refractivity contribution is 5.90. The summed E-state index contributed by atoms with van der Waals surface area (Å²) in [6, 6.07) is 0.318. The second-order valence-corrected chi connectivity index (χ2v) is 5.79. The molecule has 1 atom stereocenters. The Morgan fingerprint density at radius 1 is 1.43 bits per heavy atom. The lowest BCUT2D eigenvalue weighted by molar-refractivity contribution is 0.0899. The van der Waals surface area contributed by atoms with Gasteiger partial charge < -0.3 is 20.1 Å². The van der Waals surface area contributed by atoms with Crippen molar-refractivity contribution in [2.24, 2.45) is 0 Å². The van der Waals surface area contributed by atoms with E-state index >= 15 is 0 Å². The van der Waals surface area contributed by atoms with Gasteiger partial charge in [-0.1, -0.05) is 12.1 Å². The van der Waals surface area contributed by atoms with Gasteiger partial charge in [0, 0.05) is 19.1 Å². The van der Waals surface area contributed by atoms with Crippen molar-refractivity contribution in [2.75, 3.05) is 26.2 Å². The molecule has 2 fully saturated rings. The standard InChI is InChI=1S/C14H23N5O2/c1-2-19-8-5-10(6-9-19)16-13(20)12-17-14(21-18-12)11-4-3-7-15-11/h10-11,15H,2-9H2,1H3,(H,16,20). The van der Waals surface area contributed by atoms with E-state index in [0.29, 0.717) is 5.89 Å². The van der Waals surface area contributed by atoms with Crippen LogP contribution in [0.2, 0.25) is 0 Å². The maximum Gasteiger partial charge on any atom is 0.292 e. The summed E-state index contributed by atoms with van der Waals surface area (Å²) < 4.78 is 5.20. The average molecular weight is 293 g/mol. The highest BCUT2D eigenvalue weighted by atomic mass is 16.5. The van der Waals surface area contributed by atoms with Crippen LogP contribution in [0.25, 0.3) is 0 Å². The van der Waals surface area contributed by atoms with Gasteiger partial charge in [0.05, 0.1) is 6.04 Å². The maximum absolute atomic E-state index is 12.2. The Morgan fingerprint density at radius 2 is 2.24 bits per heavy atom. The molecule has 0 radical (unpaired) electrons. The lowest BCUT2D eigenvalue weighted by Crippen LogP contribution is -2.44. The zero-order valence-corrected chi connectivity index (χ0v) is 12.5. The molecule has 116 valence electrons. The lowest BCUT2D eigenvalue weighted by atomic mass is 10.1. The minimum atomic E-state index is -0.224. The second-order valence-electron chi connectivity index (χ2n) is 5.79. The third kappa shape index (κ3) is 3.41. The number of amides is 1. The normalized spacial score (nSPS) is 24.3. The molecule has 0 spiro atoms. The van der Waals surface area contributed by atoms with Crippen LogP contribution in [0, 0.1) is 0 Å². The molecule has 0 saturated carbocycles. The summed E-state index contributed by atoms with van der Waals surface area (Å²) >= 11 is 0. The number of aromatic nitrogens is 2. The number of carbonyl (C=O) groups is 1. The van der Waals surface area contributed by atoms with Gasteiger partial charge in [-0.05, 0) is 38.8 Å². The van der Waals surface area contributed by atoms with Gasteiger partial charge in [0.1, 0.15) is 0 Å². The topological polar surface area (TPSA) is 83.3 Å². The van der Waals surface area contributed by atoms with Crippen LogP contribution in [0.1, 0.15) is 55.2 Å². The van der Waals surface area contributed by atoms with E-state index in [1.54, 1.807) is 0 Å². The van der Waals surface area contributed by atoms with Crippen LogP contribution in [0.4, 0.5) is 0 Å². The summed E-state index contributed by atoms with van der Waals surface area (Å²) in [4.78, 5) is 18.8. The van der Waals surface area contributed by atoms with E-state index in [1.807, 2.05) is 0 Å². The number of likely N-dealkylation sites (tertiary alicyclic amines) is 1. The van der Waals surface area contributed by atoms with Crippen LogP contribution in [-0.2, 0) is 0 Å². The summed E-state index contributed by atoms with van der Waals surface area (Å²) in [7, 11) is 0. The van der Waals surface area contributed by atoms with Gasteiger partial charge in [0.15, 0.2) is 0 Å². The third-order valence-corrected chi connectivity index (χ3v) is 4.37. The molecule has 7 heteroatoms. The molecule has 21 heavy (non-hydrogen) atoms. The SMILES string of the molecule is CCN1CCC(NC(=O)c2noc(C3CCCN3)n2)CC1. The summed E-state index contributed by atoms with van der Waals surface area (Å²) in [6.07, 6.45) is 4.05. The molecule has 3 heterocycles. The molecule has 2 aliphatic heterocycles. The van der Waals surface area contributed by atoms with E-state index in [2.05, 4.69) is 32.6 Å². The Hall–Kier alpha value is -1.47. The van der Waals surface area contributed by atoms with Crippen LogP contribution in [-0.4, -0.2) is 53.2 Å². The van der Waals surface area contributed by atoms with E-state index in [0.717, 1.165) is 51.9 Å². The van der Waals surface area contributed by atoms with E-state index in [4.69, 9.17) is 4.52 Å². The third-order valence-electron chi connectivity index (χ3n) is 4.37. The van der Waals surface area contributed by atoms with E-state index in [-0.39, 0.29) is 23.8 Å². The van der Waals surface area contributed by atoms with Crippen LogP contribution in [0.3, 0.4) is 0 Å². The number of hydrogen-bond donors (Lipinski definition) is 2. The molecule has 1 aromatic heterocycles. The number of rotatable bonds is 4. The van der Waals surface area contributed by atoms with Gasteiger partial charge in [-0.2, -0.15) is 4.98 Å².